The van der Waals surface area contributed by atoms with E-state index in [0.29, 0.717) is 0 Å². The van der Waals surface area contributed by atoms with Crippen LogP contribution in [0.25, 0.3) is 152 Å². The van der Waals surface area contributed by atoms with Gasteiger partial charge in [-0.3, -0.25) is 0 Å². The fourth-order valence-electron chi connectivity index (χ4n) is 17.6. The van der Waals surface area contributed by atoms with Gasteiger partial charge in [0.25, 0.3) is 0 Å². The van der Waals surface area contributed by atoms with Crippen molar-refractivity contribution in [1.82, 2.24) is 9.13 Å². The van der Waals surface area contributed by atoms with Gasteiger partial charge in [0.05, 0.1) is 22.1 Å². The van der Waals surface area contributed by atoms with E-state index in [0.717, 1.165) is 73.9 Å². The summed E-state index contributed by atoms with van der Waals surface area (Å²) in [6, 6.07) is 111. The summed E-state index contributed by atoms with van der Waals surface area (Å²) in [5, 5.41) is 15.5. The first-order chi connectivity index (χ1) is 47.0. The predicted octanol–water partition coefficient (Wildman–Crippen LogP) is 24.9. The lowest BCUT2D eigenvalue weighted by Gasteiger charge is -2.28. The van der Waals surface area contributed by atoms with Crippen LogP contribution in [-0.2, 0) is 11.8 Å². The van der Waals surface area contributed by atoms with Gasteiger partial charge in [-0.25, -0.2) is 0 Å². The second-order valence-corrected chi connectivity index (χ2v) is 27.5. The zero-order chi connectivity index (χ0) is 61.9. The van der Waals surface area contributed by atoms with Crippen LogP contribution in [0.1, 0.15) is 23.6 Å². The third-order valence-electron chi connectivity index (χ3n) is 21.5. The van der Waals surface area contributed by atoms with Gasteiger partial charge in [0.2, 0.25) is 0 Å². The van der Waals surface area contributed by atoms with E-state index in [1.165, 1.54) is 135 Å². The highest BCUT2D eigenvalue weighted by atomic mass is 32.1. The van der Waals surface area contributed by atoms with Crippen LogP contribution < -0.4 is 9.80 Å². The lowest BCUT2D eigenvalue weighted by molar-refractivity contribution is 0.582. The Labute approximate surface area is 550 Å². The summed E-state index contributed by atoms with van der Waals surface area (Å²) in [5.74, 6) is 0. The second-order valence-electron chi connectivity index (χ2n) is 26.5. The van der Waals surface area contributed by atoms with Gasteiger partial charge < -0.3 is 23.4 Å². The number of thiophene rings is 1. The van der Waals surface area contributed by atoms with Gasteiger partial charge in [0.15, 0.2) is 0 Å². The molecule has 4 heterocycles. The highest BCUT2D eigenvalue weighted by Gasteiger charge is 2.43. The van der Waals surface area contributed by atoms with Crippen LogP contribution in [0.3, 0.4) is 0 Å². The van der Waals surface area contributed by atoms with Crippen molar-refractivity contribution in [3.8, 4) is 44.8 Å². The number of benzene rings is 15. The van der Waals surface area contributed by atoms with Crippen molar-refractivity contribution >= 4 is 153 Å². The van der Waals surface area contributed by atoms with Crippen LogP contribution >= 0.6 is 11.3 Å². The number of para-hydroxylation sites is 3. The summed E-state index contributed by atoms with van der Waals surface area (Å²) in [5.41, 5.74) is 27.0. The third kappa shape index (κ3) is 6.95. The predicted molar refractivity (Wildman–Crippen MR) is 400 cm³/mol. The topological polar surface area (TPSA) is 29.5 Å². The molecule has 0 radical (unpaired) electrons. The standard InChI is InChI=1S/C89H54N4OS/c1-89(69-28-12-24-65-66-25-13-29-71-82(66)86-73(45-34-53-33-44-70(89)85(79(53)86)81(65)69)92(71)59-39-37-58(38-40-59)90(55-16-5-2-6-17-55)56-18-7-3-8-19-56)51-52-32-42-63-64-43-41-62(50-76(64)94-75(63)48-52)91(57-20-9-4-10-21-57)60-22-11-23-61(49-60)93-72-30-14-26-67-68-27-15-31-77-84(68)88-78(95-77)47-36-54-35-46-74(93)87(80(54)88)83(67)72/h2-50H,51H2,1H3. The Bertz CT molecular complexity index is 6530. The van der Waals surface area contributed by atoms with Gasteiger partial charge in [0.1, 0.15) is 11.2 Å². The molecule has 0 saturated carbocycles. The van der Waals surface area contributed by atoms with Crippen molar-refractivity contribution in [2.24, 2.45) is 0 Å². The number of hydrogen-bond acceptors (Lipinski definition) is 4. The van der Waals surface area contributed by atoms with Gasteiger partial charge in [-0.1, -0.05) is 165 Å². The molecule has 0 spiro atoms. The molecule has 19 aromatic rings. The Balaban J connectivity index is 0.645. The Morgan fingerprint density at radius 3 is 1.54 bits per heavy atom. The lowest BCUT2D eigenvalue weighted by Crippen LogP contribution is -2.24. The number of nitrogens with zero attached hydrogens (tertiary/aromatic N) is 4. The molecule has 15 aromatic carbocycles. The maximum atomic E-state index is 7.10. The first kappa shape index (κ1) is 51.6. The number of furan rings is 1. The van der Waals surface area contributed by atoms with Gasteiger partial charge in [0, 0.05) is 115 Å². The minimum atomic E-state index is -0.332. The Morgan fingerprint density at radius 1 is 0.326 bits per heavy atom. The van der Waals surface area contributed by atoms with Gasteiger partial charge in [-0.05, 0) is 206 Å². The van der Waals surface area contributed by atoms with Crippen molar-refractivity contribution in [3.05, 3.63) is 314 Å². The molecule has 0 saturated heterocycles. The molecule has 4 aromatic heterocycles. The summed E-state index contributed by atoms with van der Waals surface area (Å²) in [7, 11) is 0. The van der Waals surface area contributed by atoms with E-state index < -0.39 is 0 Å². The molecule has 0 fully saturated rings. The van der Waals surface area contributed by atoms with E-state index in [4.69, 9.17) is 4.42 Å². The summed E-state index contributed by atoms with van der Waals surface area (Å²) < 4.78 is 14.8. The Kier molecular flexibility index (Phi) is 10.2. The van der Waals surface area contributed by atoms with Crippen molar-refractivity contribution in [2.45, 2.75) is 18.8 Å². The zero-order valence-electron chi connectivity index (χ0n) is 51.6. The molecule has 1 atom stereocenters. The summed E-state index contributed by atoms with van der Waals surface area (Å²) in [4.78, 5) is 4.71. The Hall–Kier alpha value is -12.0. The summed E-state index contributed by atoms with van der Waals surface area (Å²) in [6.45, 7) is 2.48. The molecular formula is C89H54N4OS. The largest absolute Gasteiger partial charge is 0.456 e. The molecule has 6 heteroatoms. The molecule has 1 unspecified atom stereocenters. The first-order valence-corrected chi connectivity index (χ1v) is 33.7. The normalized spacial score (nSPS) is 14.2. The molecule has 0 aliphatic heterocycles. The number of rotatable bonds is 10. The van der Waals surface area contributed by atoms with E-state index in [1.54, 1.807) is 0 Å². The number of aromatic nitrogens is 2. The molecular weight excluding hydrogens is 1170 g/mol. The molecule has 0 N–H and O–H groups in total. The van der Waals surface area contributed by atoms with Crippen LogP contribution in [0.5, 0.6) is 0 Å². The van der Waals surface area contributed by atoms with Crippen molar-refractivity contribution in [1.29, 1.82) is 0 Å². The molecule has 3 aliphatic carbocycles. The fraction of sp³-hybridized carbons (Fsp3) is 0.0337. The Morgan fingerprint density at radius 2 is 0.821 bits per heavy atom. The van der Waals surface area contributed by atoms with E-state index in [1.807, 2.05) is 11.3 Å². The van der Waals surface area contributed by atoms with Gasteiger partial charge >= 0.3 is 0 Å². The minimum absolute atomic E-state index is 0.332. The highest BCUT2D eigenvalue weighted by molar-refractivity contribution is 7.26. The van der Waals surface area contributed by atoms with Crippen LogP contribution in [0.15, 0.2) is 302 Å². The average Bonchev–Trinajstić information content (AvgIpc) is 1.53. The van der Waals surface area contributed by atoms with Crippen molar-refractivity contribution in [3.63, 3.8) is 0 Å². The molecule has 3 aliphatic rings. The van der Waals surface area contributed by atoms with Crippen molar-refractivity contribution in [2.75, 3.05) is 9.80 Å². The summed E-state index contributed by atoms with van der Waals surface area (Å²) in [6.07, 6.45) is 0.806. The SMILES string of the molecule is CC1(Cc2ccc3c(c2)oc2cc(N(c4ccccc4)c4cccc(-n5c6cccc7c6c6c8c(ccc9sc%10cccc-7c%10c98)ccc65)c4)ccc23)c2cccc3c2-c2c1ccc1ccc4c(c21)c1c-3cccc1n4-c1ccc(N(c2ccccc2)c2ccccc2)cc1. The quantitative estimate of drug-likeness (QED) is 0.137. The monoisotopic (exact) mass is 1230 g/mol. The van der Waals surface area contributed by atoms with E-state index >= 15 is 0 Å². The van der Waals surface area contributed by atoms with E-state index in [-0.39, 0.29) is 5.41 Å². The molecule has 442 valence electrons. The van der Waals surface area contributed by atoms with Crippen LogP contribution in [0.2, 0.25) is 0 Å². The highest BCUT2D eigenvalue weighted by Crippen LogP contribution is 2.61. The summed E-state index contributed by atoms with van der Waals surface area (Å²) >= 11 is 1.91. The zero-order valence-corrected chi connectivity index (χ0v) is 52.4. The molecule has 0 bridgehead atoms. The second kappa shape index (κ2) is 18.9. The first-order valence-electron chi connectivity index (χ1n) is 32.9. The molecule has 0 amide bonds. The van der Waals surface area contributed by atoms with Crippen LogP contribution in [-0.4, -0.2) is 9.13 Å². The van der Waals surface area contributed by atoms with Crippen LogP contribution in [0, 0.1) is 0 Å². The number of anilines is 6. The number of hydrogen-bond donors (Lipinski definition) is 0. The minimum Gasteiger partial charge on any atom is -0.456 e. The van der Waals surface area contributed by atoms with E-state index in [9.17, 15) is 0 Å². The lowest BCUT2D eigenvalue weighted by atomic mass is 9.74. The maximum absolute atomic E-state index is 7.10. The maximum Gasteiger partial charge on any atom is 0.137 e. The smallest absolute Gasteiger partial charge is 0.137 e. The third-order valence-corrected chi connectivity index (χ3v) is 22.6. The van der Waals surface area contributed by atoms with E-state index in [2.05, 4.69) is 323 Å². The average molecular weight is 1230 g/mol. The molecule has 22 rings (SSSR count). The number of fused-ring (bicyclic) bond motifs is 5. The van der Waals surface area contributed by atoms with Crippen LogP contribution in [0.4, 0.5) is 34.1 Å². The van der Waals surface area contributed by atoms with Gasteiger partial charge in [-0.2, -0.15) is 0 Å². The van der Waals surface area contributed by atoms with Gasteiger partial charge in [-0.15, -0.1) is 11.3 Å². The van der Waals surface area contributed by atoms with Crippen molar-refractivity contribution < 1.29 is 4.42 Å². The fourth-order valence-corrected chi connectivity index (χ4v) is 18.8. The molecule has 5 nitrogen and oxygen atoms in total. The molecule has 95 heavy (non-hydrogen) atoms.